The molecule has 1 saturated carbocycles. The molecule has 1 unspecified atom stereocenters. The Kier molecular flexibility index (Phi) is 8.01. The minimum absolute atomic E-state index is 0.107. The topological polar surface area (TPSA) is 140 Å². The van der Waals surface area contributed by atoms with Crippen molar-refractivity contribution < 1.29 is 28.7 Å². The zero-order chi connectivity index (χ0) is 24.9. The summed E-state index contributed by atoms with van der Waals surface area (Å²) in [5, 5.41) is 5.43. The molecular weight excluding hydrogens is 440 g/mol. The van der Waals surface area contributed by atoms with E-state index in [0.29, 0.717) is 32.2 Å². The molecule has 1 aromatic rings. The fourth-order valence-electron chi connectivity index (χ4n) is 4.51. The lowest BCUT2D eigenvalue weighted by Crippen LogP contribution is -2.54. The Labute approximate surface area is 199 Å². The Balaban J connectivity index is 1.53. The summed E-state index contributed by atoms with van der Waals surface area (Å²) in [6.07, 6.45) is 0.608. The summed E-state index contributed by atoms with van der Waals surface area (Å²) in [5.74, 6) is -1.39. The molecule has 2 aliphatic rings. The Bertz CT molecular complexity index is 900. The van der Waals surface area contributed by atoms with Crippen LogP contribution in [0.5, 0.6) is 0 Å². The average Bonchev–Trinajstić information content (AvgIpc) is 3.11. The van der Waals surface area contributed by atoms with Gasteiger partial charge in [0.1, 0.15) is 18.2 Å². The van der Waals surface area contributed by atoms with E-state index in [1.165, 1.54) is 0 Å². The SMILES string of the molecule is CC(C)(C)OC(=O)N[C@@H]1CC[C@H](N2CCC(NC(=O)OCc3ccccc3)C2=O)[C@H](C(N)=O)C1. The number of nitrogens with two attached hydrogens (primary N) is 1. The predicted molar refractivity (Wildman–Crippen MR) is 123 cm³/mol. The molecule has 1 aliphatic carbocycles. The van der Waals surface area contributed by atoms with Crippen molar-refractivity contribution >= 4 is 24.0 Å². The number of nitrogens with zero attached hydrogens (tertiary/aromatic N) is 1. The van der Waals surface area contributed by atoms with Crippen LogP contribution in [0.1, 0.15) is 52.0 Å². The monoisotopic (exact) mass is 474 g/mol. The van der Waals surface area contributed by atoms with Crippen LogP contribution >= 0.6 is 0 Å². The van der Waals surface area contributed by atoms with Crippen LogP contribution in [0.2, 0.25) is 0 Å². The first kappa shape index (κ1) is 25.3. The van der Waals surface area contributed by atoms with E-state index in [1.54, 1.807) is 25.7 Å². The van der Waals surface area contributed by atoms with E-state index in [4.69, 9.17) is 15.2 Å². The van der Waals surface area contributed by atoms with Crippen LogP contribution in [0, 0.1) is 5.92 Å². The van der Waals surface area contributed by atoms with Crippen molar-refractivity contribution in [3.8, 4) is 0 Å². The fraction of sp³-hybridized carbons (Fsp3) is 0.583. The number of carbonyl (C=O) groups excluding carboxylic acids is 4. The zero-order valence-electron chi connectivity index (χ0n) is 19.9. The summed E-state index contributed by atoms with van der Waals surface area (Å²) in [6.45, 7) is 5.83. The van der Waals surface area contributed by atoms with Gasteiger partial charge in [-0.15, -0.1) is 0 Å². The van der Waals surface area contributed by atoms with Crippen molar-refractivity contribution in [3.63, 3.8) is 0 Å². The number of nitrogens with one attached hydrogen (secondary N) is 2. The molecule has 0 bridgehead atoms. The molecule has 10 nitrogen and oxygen atoms in total. The van der Waals surface area contributed by atoms with E-state index in [1.807, 2.05) is 30.3 Å². The number of carbonyl (C=O) groups is 4. The first-order valence-corrected chi connectivity index (χ1v) is 11.6. The number of likely N-dealkylation sites (tertiary alicyclic amines) is 1. The van der Waals surface area contributed by atoms with Crippen molar-refractivity contribution in [2.24, 2.45) is 11.7 Å². The molecule has 1 heterocycles. The highest BCUT2D eigenvalue weighted by Gasteiger charge is 2.44. The Morgan fingerprint density at radius 3 is 2.41 bits per heavy atom. The van der Waals surface area contributed by atoms with Gasteiger partial charge in [0.2, 0.25) is 11.8 Å². The lowest BCUT2D eigenvalue weighted by molar-refractivity contribution is -0.136. The summed E-state index contributed by atoms with van der Waals surface area (Å²) in [5.41, 5.74) is 5.88. The van der Waals surface area contributed by atoms with Gasteiger partial charge in [-0.3, -0.25) is 9.59 Å². The molecule has 4 N–H and O–H groups in total. The summed E-state index contributed by atoms with van der Waals surface area (Å²) < 4.78 is 10.5. The van der Waals surface area contributed by atoms with Crippen LogP contribution in [0.25, 0.3) is 0 Å². The minimum Gasteiger partial charge on any atom is -0.445 e. The van der Waals surface area contributed by atoms with Crippen LogP contribution in [0.3, 0.4) is 0 Å². The molecule has 1 aliphatic heterocycles. The van der Waals surface area contributed by atoms with E-state index in [0.717, 1.165) is 5.56 Å². The van der Waals surface area contributed by atoms with E-state index in [-0.39, 0.29) is 24.6 Å². The number of alkyl carbamates (subject to hydrolysis) is 2. The van der Waals surface area contributed by atoms with Crippen molar-refractivity contribution in [1.82, 2.24) is 15.5 Å². The summed E-state index contributed by atoms with van der Waals surface area (Å²) >= 11 is 0. The van der Waals surface area contributed by atoms with Gasteiger partial charge in [0, 0.05) is 18.6 Å². The number of amides is 4. The number of benzene rings is 1. The number of rotatable bonds is 6. The van der Waals surface area contributed by atoms with Gasteiger partial charge in [0.25, 0.3) is 0 Å². The van der Waals surface area contributed by atoms with Crippen molar-refractivity contribution in [1.29, 1.82) is 0 Å². The predicted octanol–water partition coefficient (Wildman–Crippen LogP) is 2.06. The van der Waals surface area contributed by atoms with Gasteiger partial charge in [-0.05, 0) is 52.0 Å². The van der Waals surface area contributed by atoms with Gasteiger partial charge in [-0.1, -0.05) is 30.3 Å². The second-order valence-electron chi connectivity index (χ2n) is 9.81. The maximum Gasteiger partial charge on any atom is 0.408 e. The molecule has 2 fully saturated rings. The molecule has 0 aromatic heterocycles. The molecule has 1 saturated heterocycles. The molecule has 0 radical (unpaired) electrons. The van der Waals surface area contributed by atoms with Gasteiger partial charge in [-0.2, -0.15) is 0 Å². The molecule has 4 amide bonds. The van der Waals surface area contributed by atoms with Crippen LogP contribution in [-0.4, -0.2) is 59.2 Å². The third-order valence-corrected chi connectivity index (χ3v) is 6.05. The Morgan fingerprint density at radius 1 is 1.06 bits per heavy atom. The molecule has 186 valence electrons. The molecule has 10 heteroatoms. The molecular formula is C24H34N4O6. The van der Waals surface area contributed by atoms with Gasteiger partial charge >= 0.3 is 12.2 Å². The van der Waals surface area contributed by atoms with Gasteiger partial charge in [0.15, 0.2) is 0 Å². The van der Waals surface area contributed by atoms with Gasteiger partial charge in [-0.25, -0.2) is 9.59 Å². The van der Waals surface area contributed by atoms with Crippen molar-refractivity contribution in [3.05, 3.63) is 35.9 Å². The highest BCUT2D eigenvalue weighted by Crippen LogP contribution is 2.32. The smallest absolute Gasteiger partial charge is 0.408 e. The zero-order valence-corrected chi connectivity index (χ0v) is 19.9. The average molecular weight is 475 g/mol. The third kappa shape index (κ3) is 6.85. The lowest BCUT2D eigenvalue weighted by atomic mass is 9.80. The second-order valence-corrected chi connectivity index (χ2v) is 9.81. The molecule has 4 atom stereocenters. The van der Waals surface area contributed by atoms with E-state index >= 15 is 0 Å². The quantitative estimate of drug-likeness (QED) is 0.577. The summed E-state index contributed by atoms with van der Waals surface area (Å²) in [6, 6.07) is 7.88. The van der Waals surface area contributed by atoms with Crippen LogP contribution in [0.15, 0.2) is 30.3 Å². The molecule has 0 spiro atoms. The minimum atomic E-state index is -0.714. The molecule has 1 aromatic carbocycles. The standard InChI is InChI=1S/C24H34N4O6/c1-24(2,3)34-23(32)26-16-9-10-19(17(13-16)20(25)29)28-12-11-18(21(28)30)27-22(31)33-14-15-7-5-4-6-8-15/h4-8,16-19H,9-14H2,1-3H3,(H2,25,29)(H,26,32)(H,27,31)/t16-,17-,18?,19+/m1/s1. The number of hydrogen-bond donors (Lipinski definition) is 3. The van der Waals surface area contributed by atoms with E-state index < -0.39 is 35.7 Å². The van der Waals surface area contributed by atoms with Gasteiger partial charge in [0.05, 0.1) is 5.92 Å². The number of ether oxygens (including phenoxy) is 2. The number of hydrogen-bond acceptors (Lipinski definition) is 6. The maximum absolute atomic E-state index is 13.0. The highest BCUT2D eigenvalue weighted by molar-refractivity contribution is 5.88. The van der Waals surface area contributed by atoms with Gasteiger partial charge < -0.3 is 30.7 Å². The fourth-order valence-corrected chi connectivity index (χ4v) is 4.51. The first-order chi connectivity index (χ1) is 16.0. The lowest BCUT2D eigenvalue weighted by Gasteiger charge is -2.39. The normalized spacial score (nSPS) is 24.9. The maximum atomic E-state index is 13.0. The molecule has 34 heavy (non-hydrogen) atoms. The summed E-state index contributed by atoms with van der Waals surface area (Å²) in [7, 11) is 0. The Morgan fingerprint density at radius 2 is 1.76 bits per heavy atom. The second kappa shape index (κ2) is 10.8. The van der Waals surface area contributed by atoms with Crippen molar-refractivity contribution in [2.45, 2.75) is 76.8 Å². The van der Waals surface area contributed by atoms with Crippen LogP contribution in [0.4, 0.5) is 9.59 Å². The van der Waals surface area contributed by atoms with E-state index in [9.17, 15) is 19.2 Å². The van der Waals surface area contributed by atoms with E-state index in [2.05, 4.69) is 10.6 Å². The highest BCUT2D eigenvalue weighted by atomic mass is 16.6. The van der Waals surface area contributed by atoms with Crippen LogP contribution < -0.4 is 16.4 Å². The van der Waals surface area contributed by atoms with Crippen LogP contribution in [-0.2, 0) is 25.7 Å². The number of primary amides is 1. The summed E-state index contributed by atoms with van der Waals surface area (Å²) in [4.78, 5) is 51.2. The van der Waals surface area contributed by atoms with Crippen molar-refractivity contribution in [2.75, 3.05) is 6.54 Å². The Hall–Kier alpha value is -3.30. The first-order valence-electron chi connectivity index (χ1n) is 11.6. The third-order valence-electron chi connectivity index (χ3n) is 6.05. The largest absolute Gasteiger partial charge is 0.445 e. The molecule has 3 rings (SSSR count).